The van der Waals surface area contributed by atoms with E-state index in [1.54, 1.807) is 0 Å². The Balaban J connectivity index is -0.00000102. The molecule has 0 aromatic heterocycles. The number of amides is 4. The largest absolute Gasteiger partial charge is 0.379 e. The quantitative estimate of drug-likeness (QED) is 0.283. The molecule has 0 unspecified atom stereocenters. The average Bonchev–Trinajstić information content (AvgIpc) is 2.71. The standard InChI is InChI=1S/C18H33N3O8.C2H6.2H2/c1-15(22)21(16(2)23)6-3-18(25)20-5-8-27-10-12-29-14-13-28-11-9-26-7-4-17(19)24;1-2;;/h3-14H2,1-2H3,(H2,19,24)(H,20,25);1-2H3;2*1H. The van der Waals surface area contributed by atoms with Gasteiger partial charge in [-0.15, -0.1) is 0 Å². The van der Waals surface area contributed by atoms with E-state index in [-0.39, 0.29) is 40.0 Å². The van der Waals surface area contributed by atoms with Crippen LogP contribution in [0.3, 0.4) is 0 Å². The molecule has 186 valence electrons. The number of hydrogen-bond acceptors (Lipinski definition) is 8. The van der Waals surface area contributed by atoms with Crippen molar-refractivity contribution in [3.05, 3.63) is 0 Å². The van der Waals surface area contributed by atoms with Gasteiger partial charge in [-0.25, -0.2) is 0 Å². The molecule has 0 fully saturated rings. The number of nitrogens with one attached hydrogen (secondary N) is 1. The molecule has 0 bridgehead atoms. The van der Waals surface area contributed by atoms with Crippen molar-refractivity contribution in [2.45, 2.75) is 40.5 Å². The van der Waals surface area contributed by atoms with Crippen LogP contribution < -0.4 is 11.1 Å². The summed E-state index contributed by atoms with van der Waals surface area (Å²) in [5.74, 6) is -1.41. The first-order chi connectivity index (χ1) is 14.8. The van der Waals surface area contributed by atoms with E-state index in [1.807, 2.05) is 13.8 Å². The Morgan fingerprint density at radius 2 is 1.16 bits per heavy atom. The van der Waals surface area contributed by atoms with E-state index in [9.17, 15) is 19.2 Å². The van der Waals surface area contributed by atoms with Gasteiger partial charge in [0.15, 0.2) is 0 Å². The van der Waals surface area contributed by atoms with E-state index in [0.717, 1.165) is 4.90 Å². The average molecular weight is 454 g/mol. The Labute approximate surface area is 187 Å². The fourth-order valence-corrected chi connectivity index (χ4v) is 2.04. The minimum Gasteiger partial charge on any atom is -0.379 e. The van der Waals surface area contributed by atoms with Gasteiger partial charge < -0.3 is 30.0 Å². The lowest BCUT2D eigenvalue weighted by molar-refractivity contribution is -0.142. The maximum Gasteiger partial charge on any atom is 0.226 e. The Morgan fingerprint density at radius 1 is 0.742 bits per heavy atom. The molecule has 0 rings (SSSR count). The smallest absolute Gasteiger partial charge is 0.226 e. The lowest BCUT2D eigenvalue weighted by Gasteiger charge is -2.16. The summed E-state index contributed by atoms with van der Waals surface area (Å²) in [4.78, 5) is 45.6. The molecule has 11 nitrogen and oxygen atoms in total. The van der Waals surface area contributed by atoms with Gasteiger partial charge in [-0.3, -0.25) is 24.1 Å². The molecule has 0 aliphatic heterocycles. The third-order valence-corrected chi connectivity index (χ3v) is 3.50. The van der Waals surface area contributed by atoms with Crippen LogP contribution in [-0.2, 0) is 38.1 Å². The summed E-state index contributed by atoms with van der Waals surface area (Å²) >= 11 is 0. The number of imide groups is 1. The van der Waals surface area contributed by atoms with Crippen LogP contribution in [0.4, 0.5) is 0 Å². The van der Waals surface area contributed by atoms with E-state index in [0.29, 0.717) is 59.4 Å². The monoisotopic (exact) mass is 453 g/mol. The molecule has 4 amide bonds. The second-order valence-corrected chi connectivity index (χ2v) is 5.96. The third kappa shape index (κ3) is 22.4. The predicted molar refractivity (Wildman–Crippen MR) is 118 cm³/mol. The lowest BCUT2D eigenvalue weighted by Crippen LogP contribution is -2.37. The fourth-order valence-electron chi connectivity index (χ4n) is 2.04. The van der Waals surface area contributed by atoms with Crippen molar-refractivity contribution in [1.29, 1.82) is 0 Å². The van der Waals surface area contributed by atoms with Crippen LogP contribution >= 0.6 is 0 Å². The van der Waals surface area contributed by atoms with Crippen LogP contribution in [0.25, 0.3) is 0 Å². The highest BCUT2D eigenvalue weighted by Gasteiger charge is 2.14. The molecule has 0 aliphatic rings. The second kappa shape index (κ2) is 22.6. The molecule has 31 heavy (non-hydrogen) atoms. The molecule has 0 saturated heterocycles. The van der Waals surface area contributed by atoms with Gasteiger partial charge in [0.2, 0.25) is 23.6 Å². The number of ether oxygens (including phenoxy) is 4. The van der Waals surface area contributed by atoms with Gasteiger partial charge in [-0.05, 0) is 0 Å². The lowest BCUT2D eigenvalue weighted by atomic mass is 10.3. The highest BCUT2D eigenvalue weighted by atomic mass is 16.6. The number of primary amides is 1. The van der Waals surface area contributed by atoms with E-state index < -0.39 is 5.91 Å². The maximum absolute atomic E-state index is 11.7. The number of nitrogens with zero attached hydrogens (tertiary/aromatic N) is 1. The molecule has 0 aromatic rings. The first kappa shape index (κ1) is 31.1. The Hall–Kier alpha value is -2.08. The molecule has 0 radical (unpaired) electrons. The highest BCUT2D eigenvalue weighted by molar-refractivity contribution is 5.93. The summed E-state index contributed by atoms with van der Waals surface area (Å²) < 4.78 is 21.1. The van der Waals surface area contributed by atoms with Gasteiger partial charge in [0.05, 0.1) is 52.9 Å². The molecule has 0 saturated carbocycles. The molecular formula is C20H43N3O8. The number of rotatable bonds is 18. The minimum atomic E-state index is -0.394. The first-order valence-electron chi connectivity index (χ1n) is 10.5. The second-order valence-electron chi connectivity index (χ2n) is 5.96. The Kier molecular flexibility index (Phi) is 22.7. The summed E-state index contributed by atoms with van der Waals surface area (Å²) in [7, 11) is 0. The first-order valence-corrected chi connectivity index (χ1v) is 10.5. The molecule has 0 atom stereocenters. The van der Waals surface area contributed by atoms with Gasteiger partial charge in [0.25, 0.3) is 0 Å². The van der Waals surface area contributed by atoms with Gasteiger partial charge in [-0.2, -0.15) is 0 Å². The van der Waals surface area contributed by atoms with Crippen LogP contribution in [0.1, 0.15) is 43.4 Å². The Bertz CT molecular complexity index is 500. The van der Waals surface area contributed by atoms with Gasteiger partial charge in [0, 0.05) is 42.6 Å². The number of carbonyl (C=O) groups excluding carboxylic acids is 4. The van der Waals surface area contributed by atoms with Crippen molar-refractivity contribution in [3.63, 3.8) is 0 Å². The summed E-state index contributed by atoms with van der Waals surface area (Å²) in [6.45, 7) is 10.0. The summed E-state index contributed by atoms with van der Waals surface area (Å²) in [5.41, 5.74) is 4.98. The van der Waals surface area contributed by atoms with Crippen LogP contribution in [0.15, 0.2) is 0 Å². The van der Waals surface area contributed by atoms with E-state index in [4.69, 9.17) is 24.7 Å². The highest BCUT2D eigenvalue weighted by Crippen LogP contribution is 1.94. The van der Waals surface area contributed by atoms with E-state index in [1.165, 1.54) is 13.8 Å². The van der Waals surface area contributed by atoms with Crippen LogP contribution in [0.2, 0.25) is 0 Å². The van der Waals surface area contributed by atoms with Crippen molar-refractivity contribution >= 4 is 23.6 Å². The van der Waals surface area contributed by atoms with Crippen molar-refractivity contribution in [1.82, 2.24) is 10.2 Å². The Morgan fingerprint density at radius 3 is 1.58 bits per heavy atom. The summed E-state index contributed by atoms with van der Waals surface area (Å²) in [6, 6.07) is 0. The van der Waals surface area contributed by atoms with Crippen molar-refractivity contribution < 1.29 is 41.0 Å². The topological polar surface area (TPSA) is 146 Å². The number of nitrogens with two attached hydrogens (primary N) is 1. The van der Waals surface area contributed by atoms with Gasteiger partial charge in [0.1, 0.15) is 0 Å². The molecular weight excluding hydrogens is 410 g/mol. The van der Waals surface area contributed by atoms with Gasteiger partial charge >= 0.3 is 0 Å². The van der Waals surface area contributed by atoms with Crippen LogP contribution in [0, 0.1) is 0 Å². The maximum atomic E-state index is 11.7. The third-order valence-electron chi connectivity index (χ3n) is 3.50. The molecule has 3 N–H and O–H groups in total. The molecule has 0 spiro atoms. The molecule has 11 heteroatoms. The van der Waals surface area contributed by atoms with Crippen molar-refractivity contribution in [2.75, 3.05) is 65.9 Å². The zero-order valence-electron chi connectivity index (χ0n) is 19.3. The fraction of sp³-hybridized carbons (Fsp3) is 0.800. The summed E-state index contributed by atoms with van der Waals surface area (Å²) in [6.07, 6.45) is 0.254. The SMILES string of the molecule is CC.CC(=O)N(CCC(=O)NCCOCCOCCOCCOCCC(N)=O)C(C)=O.[HH].[HH]. The molecule has 0 aliphatic carbocycles. The van der Waals surface area contributed by atoms with E-state index >= 15 is 0 Å². The molecule has 0 aromatic carbocycles. The van der Waals surface area contributed by atoms with Gasteiger partial charge in [-0.1, -0.05) is 13.8 Å². The zero-order valence-corrected chi connectivity index (χ0v) is 19.3. The minimum absolute atomic E-state index is 0. The number of hydrogen-bond donors (Lipinski definition) is 2. The van der Waals surface area contributed by atoms with Crippen LogP contribution in [-0.4, -0.2) is 94.5 Å². The van der Waals surface area contributed by atoms with Crippen LogP contribution in [0.5, 0.6) is 0 Å². The zero-order chi connectivity index (χ0) is 23.9. The van der Waals surface area contributed by atoms with Crippen molar-refractivity contribution in [2.24, 2.45) is 5.73 Å². The predicted octanol–water partition coefficient (Wildman–Crippen LogP) is 0.348. The van der Waals surface area contributed by atoms with E-state index in [2.05, 4.69) is 5.32 Å². The number of carbonyl (C=O) groups is 4. The molecule has 0 heterocycles. The normalized spacial score (nSPS) is 10.1. The van der Waals surface area contributed by atoms with Crippen molar-refractivity contribution in [3.8, 4) is 0 Å². The summed E-state index contributed by atoms with van der Waals surface area (Å²) in [5, 5.41) is 2.65.